The highest BCUT2D eigenvalue weighted by molar-refractivity contribution is 8.17. The third-order valence-corrected chi connectivity index (χ3v) is 7.94. The van der Waals surface area contributed by atoms with Crippen molar-refractivity contribution in [2.24, 2.45) is 0 Å². The molecule has 0 fully saturated rings. The van der Waals surface area contributed by atoms with E-state index in [1.54, 1.807) is 13.8 Å². The number of hydrogen-bond acceptors (Lipinski definition) is 5. The topological polar surface area (TPSA) is 35.5 Å². The summed E-state index contributed by atoms with van der Waals surface area (Å²) in [5, 5.41) is 0.733. The zero-order chi connectivity index (χ0) is 23.2. The third kappa shape index (κ3) is 6.36. The Hall–Kier alpha value is -1.30. The Morgan fingerprint density at radius 2 is 1.61 bits per heavy atom. The van der Waals surface area contributed by atoms with Crippen LogP contribution in [0.2, 0.25) is 5.02 Å². The molecule has 3 nitrogen and oxygen atoms in total. The van der Waals surface area contributed by atoms with E-state index in [1.165, 1.54) is 11.1 Å². The van der Waals surface area contributed by atoms with Gasteiger partial charge in [-0.15, -0.1) is 23.5 Å². The number of aryl methyl sites for hydroxylation is 1. The highest BCUT2D eigenvalue weighted by atomic mass is 35.5. The van der Waals surface area contributed by atoms with Gasteiger partial charge in [-0.05, 0) is 87.1 Å². The van der Waals surface area contributed by atoms with Crippen molar-refractivity contribution in [2.45, 2.75) is 64.3 Å². The maximum Gasteiger partial charge on any atom is 0.350 e. The zero-order valence-electron chi connectivity index (χ0n) is 19.5. The van der Waals surface area contributed by atoms with E-state index in [4.69, 9.17) is 21.1 Å². The molecule has 0 atom stereocenters. The van der Waals surface area contributed by atoms with Gasteiger partial charge < -0.3 is 9.47 Å². The number of hydrogen-bond donors (Lipinski definition) is 0. The first-order valence-electron chi connectivity index (χ1n) is 10.6. The third-order valence-electron chi connectivity index (χ3n) is 4.68. The summed E-state index contributed by atoms with van der Waals surface area (Å²) in [6, 6.07) is 14.2. The zero-order valence-corrected chi connectivity index (χ0v) is 21.8. The van der Waals surface area contributed by atoms with E-state index < -0.39 is 5.60 Å². The van der Waals surface area contributed by atoms with Gasteiger partial charge in [0.15, 0.2) is 5.60 Å². The van der Waals surface area contributed by atoms with E-state index in [1.807, 2.05) is 61.6 Å². The van der Waals surface area contributed by atoms with Crippen LogP contribution in [0.5, 0.6) is 5.75 Å². The summed E-state index contributed by atoms with van der Waals surface area (Å²) in [5.41, 5.74) is 2.49. The molecule has 2 aromatic carbocycles. The molecular formula is C25H33ClO3S2. The Morgan fingerprint density at radius 3 is 2.10 bits per heavy atom. The number of ether oxygens (including phenoxy) is 2. The van der Waals surface area contributed by atoms with Gasteiger partial charge >= 0.3 is 5.97 Å². The number of thioether (sulfide) groups is 2. The highest BCUT2D eigenvalue weighted by Crippen LogP contribution is 2.53. The van der Waals surface area contributed by atoms with Crippen LogP contribution in [-0.4, -0.2) is 29.2 Å². The van der Waals surface area contributed by atoms with Crippen molar-refractivity contribution in [3.63, 3.8) is 0 Å². The van der Waals surface area contributed by atoms with Gasteiger partial charge in [0.25, 0.3) is 0 Å². The second-order valence-corrected chi connectivity index (χ2v) is 11.7. The van der Waals surface area contributed by atoms with E-state index in [0.717, 1.165) is 22.1 Å². The number of benzene rings is 2. The Labute approximate surface area is 200 Å². The molecule has 0 amide bonds. The van der Waals surface area contributed by atoms with Crippen LogP contribution in [0.25, 0.3) is 0 Å². The van der Waals surface area contributed by atoms with Crippen LogP contribution >= 0.6 is 35.1 Å². The molecule has 170 valence electrons. The number of halogens is 1. The second-order valence-electron chi connectivity index (χ2n) is 8.03. The lowest BCUT2D eigenvalue weighted by atomic mass is 9.98. The fourth-order valence-electron chi connectivity index (χ4n) is 3.36. The predicted octanol–water partition coefficient (Wildman–Crippen LogP) is 7.46. The maximum absolute atomic E-state index is 12.4. The molecule has 0 aromatic heterocycles. The lowest BCUT2D eigenvalue weighted by Crippen LogP contribution is -2.40. The largest absolute Gasteiger partial charge is 0.476 e. The monoisotopic (exact) mass is 480 g/mol. The SMILES string of the molecule is CCSC(SCC)(c1ccc(Cl)cc1)c1ccc(OC(C)(C)C(=O)OC(C)C)cc1C. The first-order valence-corrected chi connectivity index (χ1v) is 13.0. The van der Waals surface area contributed by atoms with Gasteiger partial charge in [-0.2, -0.15) is 0 Å². The van der Waals surface area contributed by atoms with Crippen molar-refractivity contribution >= 4 is 41.1 Å². The van der Waals surface area contributed by atoms with Crippen molar-refractivity contribution in [1.29, 1.82) is 0 Å². The van der Waals surface area contributed by atoms with Crippen molar-refractivity contribution in [3.05, 3.63) is 64.2 Å². The minimum absolute atomic E-state index is 0.184. The number of esters is 1. The van der Waals surface area contributed by atoms with Crippen LogP contribution < -0.4 is 4.74 Å². The summed E-state index contributed by atoms with van der Waals surface area (Å²) in [6.07, 6.45) is -0.184. The molecular weight excluding hydrogens is 448 g/mol. The number of carbonyl (C=O) groups is 1. The first kappa shape index (κ1) is 26.0. The van der Waals surface area contributed by atoms with Gasteiger partial charge in [0.2, 0.25) is 0 Å². The predicted molar refractivity (Wildman–Crippen MR) is 136 cm³/mol. The van der Waals surface area contributed by atoms with Gasteiger partial charge in [-0.1, -0.05) is 43.6 Å². The molecule has 2 rings (SSSR count). The Balaban J connectivity index is 2.45. The normalized spacial score (nSPS) is 12.2. The number of carbonyl (C=O) groups excluding carboxylic acids is 1. The molecule has 0 unspecified atom stereocenters. The highest BCUT2D eigenvalue weighted by Gasteiger charge is 2.37. The molecule has 0 bridgehead atoms. The van der Waals surface area contributed by atoms with Crippen molar-refractivity contribution in [2.75, 3.05) is 11.5 Å². The number of rotatable bonds is 10. The first-order chi connectivity index (χ1) is 14.6. The summed E-state index contributed by atoms with van der Waals surface area (Å²) in [5.74, 6) is 2.23. The van der Waals surface area contributed by atoms with Crippen LogP contribution in [0.3, 0.4) is 0 Å². The molecule has 0 aliphatic rings. The van der Waals surface area contributed by atoms with Crippen LogP contribution in [0, 0.1) is 6.92 Å². The summed E-state index contributed by atoms with van der Waals surface area (Å²) in [6.45, 7) is 13.6. The quantitative estimate of drug-likeness (QED) is 0.260. The van der Waals surface area contributed by atoms with Crippen LogP contribution in [0.1, 0.15) is 58.2 Å². The molecule has 0 heterocycles. The molecule has 0 N–H and O–H groups in total. The van der Waals surface area contributed by atoms with Gasteiger partial charge in [-0.25, -0.2) is 4.79 Å². The summed E-state index contributed by atoms with van der Waals surface area (Å²) >= 11 is 9.99. The lowest BCUT2D eigenvalue weighted by molar-refractivity contribution is -0.163. The van der Waals surface area contributed by atoms with E-state index in [-0.39, 0.29) is 16.2 Å². The molecule has 6 heteroatoms. The average Bonchev–Trinajstić information content (AvgIpc) is 2.67. The molecule has 0 aliphatic carbocycles. The van der Waals surface area contributed by atoms with Gasteiger partial charge in [0, 0.05) is 5.02 Å². The van der Waals surface area contributed by atoms with E-state index in [9.17, 15) is 4.79 Å². The van der Waals surface area contributed by atoms with Gasteiger partial charge in [0.1, 0.15) is 9.83 Å². The molecule has 0 spiro atoms. The molecule has 0 saturated carbocycles. The van der Waals surface area contributed by atoms with E-state index in [2.05, 4.69) is 39.0 Å². The average molecular weight is 481 g/mol. The van der Waals surface area contributed by atoms with Crippen molar-refractivity contribution in [1.82, 2.24) is 0 Å². The fraction of sp³-hybridized carbons (Fsp3) is 0.480. The summed E-state index contributed by atoms with van der Waals surface area (Å²) < 4.78 is 11.1. The smallest absolute Gasteiger partial charge is 0.350 e. The molecule has 31 heavy (non-hydrogen) atoms. The Morgan fingerprint density at radius 1 is 1.03 bits per heavy atom. The fourth-order valence-corrected chi connectivity index (χ4v) is 6.71. The molecule has 2 aromatic rings. The van der Waals surface area contributed by atoms with Crippen molar-refractivity contribution in [3.8, 4) is 5.75 Å². The van der Waals surface area contributed by atoms with Gasteiger partial charge in [-0.3, -0.25) is 0 Å². The molecule has 0 saturated heterocycles. The lowest BCUT2D eigenvalue weighted by Gasteiger charge is -2.35. The van der Waals surface area contributed by atoms with E-state index in [0.29, 0.717) is 5.75 Å². The Kier molecular flexibility index (Phi) is 9.23. The minimum Gasteiger partial charge on any atom is -0.476 e. The van der Waals surface area contributed by atoms with Gasteiger partial charge in [0.05, 0.1) is 6.10 Å². The standard InChI is InChI=1S/C25H33ClO3S2/c1-8-30-25(31-9-2,19-10-12-20(26)13-11-19)22-15-14-21(16-18(22)5)29-24(6,7)23(27)28-17(3)4/h10-17H,8-9H2,1-7H3. The maximum atomic E-state index is 12.4. The summed E-state index contributed by atoms with van der Waals surface area (Å²) in [7, 11) is 0. The Bertz CT molecular complexity index is 873. The van der Waals surface area contributed by atoms with Crippen LogP contribution in [-0.2, 0) is 13.6 Å². The van der Waals surface area contributed by atoms with Crippen molar-refractivity contribution < 1.29 is 14.3 Å². The molecule has 0 radical (unpaired) electrons. The minimum atomic E-state index is -1.07. The second kappa shape index (κ2) is 11.0. The molecule has 0 aliphatic heterocycles. The van der Waals surface area contributed by atoms with E-state index >= 15 is 0 Å². The van der Waals surface area contributed by atoms with Crippen LogP contribution in [0.4, 0.5) is 0 Å². The van der Waals surface area contributed by atoms with Crippen LogP contribution in [0.15, 0.2) is 42.5 Å². The summed E-state index contributed by atoms with van der Waals surface area (Å²) in [4.78, 5) is 12.4.